The highest BCUT2D eigenvalue weighted by Gasteiger charge is 2.51. The first-order valence-electron chi connectivity index (χ1n) is 8.00. The zero-order chi connectivity index (χ0) is 13.6. The van der Waals surface area contributed by atoms with Gasteiger partial charge in [-0.1, -0.05) is 13.8 Å². The summed E-state index contributed by atoms with van der Waals surface area (Å²) in [5.74, 6) is 3.86. The normalized spacial score (nSPS) is 41.3. The second kappa shape index (κ2) is 4.93. The molecule has 0 N–H and O–H groups in total. The van der Waals surface area contributed by atoms with Crippen LogP contribution in [0.1, 0.15) is 52.4 Å². The Hall–Kier alpha value is -0.840. The molecule has 0 amide bonds. The Bertz CT molecular complexity index is 378. The van der Waals surface area contributed by atoms with Crippen LogP contribution in [0.25, 0.3) is 0 Å². The van der Waals surface area contributed by atoms with Crippen LogP contribution in [0.15, 0.2) is 0 Å². The quantitative estimate of drug-likeness (QED) is 0.770. The molecule has 2 nitrogen and oxygen atoms in total. The maximum absolute atomic E-state index is 12.4. The van der Waals surface area contributed by atoms with E-state index >= 15 is 0 Å². The standard InChI is InChI=1S/C17H25NO/c1-10(2)3-16(19)15(9-18)17-13-5-11-4-12(7-13)8-14(17)6-11/h10-15,17H,3-8H2,1-2H3. The molecule has 0 spiro atoms. The Balaban J connectivity index is 1.77. The molecule has 104 valence electrons. The minimum absolute atomic E-state index is 0.218. The van der Waals surface area contributed by atoms with Crippen molar-refractivity contribution in [3.63, 3.8) is 0 Å². The molecule has 19 heavy (non-hydrogen) atoms. The number of hydrogen-bond acceptors (Lipinski definition) is 2. The van der Waals surface area contributed by atoms with Crippen LogP contribution in [-0.2, 0) is 4.79 Å². The molecule has 4 rings (SSSR count). The molecule has 0 aliphatic heterocycles. The van der Waals surface area contributed by atoms with Crippen LogP contribution in [0.2, 0.25) is 0 Å². The smallest absolute Gasteiger partial charge is 0.150 e. The summed E-state index contributed by atoms with van der Waals surface area (Å²) < 4.78 is 0. The minimum Gasteiger partial charge on any atom is -0.298 e. The lowest BCUT2D eigenvalue weighted by atomic mass is 9.49. The Labute approximate surface area is 116 Å². The molecule has 2 heteroatoms. The summed E-state index contributed by atoms with van der Waals surface area (Å²) >= 11 is 0. The lowest BCUT2D eigenvalue weighted by molar-refractivity contribution is -0.129. The summed E-state index contributed by atoms with van der Waals surface area (Å²) in [6, 6.07) is 2.39. The summed E-state index contributed by atoms with van der Waals surface area (Å²) in [4.78, 5) is 12.4. The average molecular weight is 259 g/mol. The number of nitrogens with zero attached hydrogens (tertiary/aromatic N) is 1. The van der Waals surface area contributed by atoms with E-state index in [1.807, 2.05) is 0 Å². The highest BCUT2D eigenvalue weighted by molar-refractivity contribution is 5.83. The summed E-state index contributed by atoms with van der Waals surface area (Å²) in [5, 5.41) is 9.52. The Morgan fingerprint density at radius 3 is 2.05 bits per heavy atom. The molecule has 4 saturated carbocycles. The molecule has 0 radical (unpaired) electrons. The van der Waals surface area contributed by atoms with Crippen LogP contribution >= 0.6 is 0 Å². The molecule has 4 fully saturated rings. The first kappa shape index (κ1) is 13.2. The van der Waals surface area contributed by atoms with Gasteiger partial charge in [-0.15, -0.1) is 0 Å². The Morgan fingerprint density at radius 1 is 1.11 bits per heavy atom. The largest absolute Gasteiger partial charge is 0.298 e. The van der Waals surface area contributed by atoms with Crippen LogP contribution in [-0.4, -0.2) is 5.78 Å². The van der Waals surface area contributed by atoms with Gasteiger partial charge in [0.05, 0.1) is 6.07 Å². The first-order chi connectivity index (χ1) is 9.08. The summed E-state index contributed by atoms with van der Waals surface area (Å²) in [7, 11) is 0. The van der Waals surface area contributed by atoms with Crippen molar-refractivity contribution in [3.05, 3.63) is 0 Å². The van der Waals surface area contributed by atoms with E-state index in [0.717, 1.165) is 11.8 Å². The van der Waals surface area contributed by atoms with Gasteiger partial charge >= 0.3 is 0 Å². The second-order valence-corrected chi connectivity index (χ2v) is 7.68. The number of carbonyl (C=O) groups is 1. The number of carbonyl (C=O) groups excluding carboxylic acids is 1. The van der Waals surface area contributed by atoms with Gasteiger partial charge in [0.1, 0.15) is 5.92 Å². The lowest BCUT2D eigenvalue weighted by Crippen LogP contribution is -2.49. The fraction of sp³-hybridized carbons (Fsp3) is 0.882. The monoisotopic (exact) mass is 259 g/mol. The lowest BCUT2D eigenvalue weighted by Gasteiger charge is -2.55. The van der Waals surface area contributed by atoms with E-state index in [1.165, 1.54) is 32.1 Å². The van der Waals surface area contributed by atoms with Crippen LogP contribution in [0.5, 0.6) is 0 Å². The fourth-order valence-electron chi connectivity index (χ4n) is 5.41. The van der Waals surface area contributed by atoms with Crippen molar-refractivity contribution in [2.24, 2.45) is 41.4 Å². The van der Waals surface area contributed by atoms with Gasteiger partial charge in [-0.05, 0) is 67.6 Å². The van der Waals surface area contributed by atoms with E-state index in [-0.39, 0.29) is 11.7 Å². The first-order valence-corrected chi connectivity index (χ1v) is 8.00. The van der Waals surface area contributed by atoms with E-state index in [9.17, 15) is 10.1 Å². The third-order valence-electron chi connectivity index (χ3n) is 5.78. The number of rotatable bonds is 4. The number of nitriles is 1. The van der Waals surface area contributed by atoms with E-state index in [4.69, 9.17) is 0 Å². The zero-order valence-electron chi connectivity index (χ0n) is 12.1. The maximum atomic E-state index is 12.4. The molecular formula is C17H25NO. The molecule has 4 aliphatic carbocycles. The molecule has 4 bridgehead atoms. The van der Waals surface area contributed by atoms with Crippen molar-refractivity contribution in [3.8, 4) is 6.07 Å². The van der Waals surface area contributed by atoms with Crippen molar-refractivity contribution in [2.75, 3.05) is 0 Å². The number of hydrogen-bond donors (Lipinski definition) is 0. The third kappa shape index (κ3) is 2.33. The van der Waals surface area contributed by atoms with Crippen molar-refractivity contribution in [1.29, 1.82) is 5.26 Å². The van der Waals surface area contributed by atoms with E-state index < -0.39 is 0 Å². The molecule has 0 saturated heterocycles. The predicted octanol–water partition coefficient (Wildman–Crippen LogP) is 3.81. The molecule has 4 aliphatic rings. The van der Waals surface area contributed by atoms with Gasteiger partial charge < -0.3 is 0 Å². The molecule has 0 heterocycles. The van der Waals surface area contributed by atoms with E-state index in [1.54, 1.807) is 0 Å². The maximum Gasteiger partial charge on any atom is 0.150 e. The molecule has 1 unspecified atom stereocenters. The predicted molar refractivity (Wildman–Crippen MR) is 74.1 cm³/mol. The second-order valence-electron chi connectivity index (χ2n) is 7.68. The highest BCUT2D eigenvalue weighted by atomic mass is 16.1. The van der Waals surface area contributed by atoms with Gasteiger partial charge in [0.2, 0.25) is 0 Å². The van der Waals surface area contributed by atoms with Gasteiger partial charge in [-0.3, -0.25) is 4.79 Å². The Kier molecular flexibility index (Phi) is 3.41. The SMILES string of the molecule is CC(C)CC(=O)C(C#N)C1C2CC3CC(C2)CC1C3. The fourth-order valence-corrected chi connectivity index (χ4v) is 5.41. The highest BCUT2D eigenvalue weighted by Crippen LogP contribution is 2.58. The molecular weight excluding hydrogens is 234 g/mol. The van der Waals surface area contributed by atoms with Crippen molar-refractivity contribution in [2.45, 2.75) is 52.4 Å². The van der Waals surface area contributed by atoms with Gasteiger partial charge in [0.15, 0.2) is 5.78 Å². The number of ketones is 1. The van der Waals surface area contributed by atoms with Gasteiger partial charge in [-0.2, -0.15) is 5.26 Å². The van der Waals surface area contributed by atoms with Crippen LogP contribution in [0, 0.1) is 52.8 Å². The topological polar surface area (TPSA) is 40.9 Å². The summed E-state index contributed by atoms with van der Waals surface area (Å²) in [5.41, 5.74) is 0. The van der Waals surface area contributed by atoms with Crippen molar-refractivity contribution in [1.82, 2.24) is 0 Å². The summed E-state index contributed by atoms with van der Waals surface area (Å²) in [6.45, 7) is 4.15. The van der Waals surface area contributed by atoms with E-state index in [0.29, 0.717) is 30.1 Å². The average Bonchev–Trinajstić information content (AvgIpc) is 2.31. The Morgan fingerprint density at radius 2 is 1.63 bits per heavy atom. The van der Waals surface area contributed by atoms with Gasteiger partial charge in [-0.25, -0.2) is 0 Å². The zero-order valence-corrected chi connectivity index (χ0v) is 12.1. The number of Topliss-reactive ketones (excluding diaryl/α,β-unsaturated/α-hetero) is 1. The van der Waals surface area contributed by atoms with Crippen molar-refractivity contribution >= 4 is 5.78 Å². The van der Waals surface area contributed by atoms with Gasteiger partial charge in [0.25, 0.3) is 0 Å². The van der Waals surface area contributed by atoms with Crippen LogP contribution in [0.4, 0.5) is 0 Å². The van der Waals surface area contributed by atoms with Gasteiger partial charge in [0, 0.05) is 6.42 Å². The molecule has 0 aromatic rings. The minimum atomic E-state index is -0.308. The summed E-state index contributed by atoms with van der Waals surface area (Å²) in [6.07, 6.45) is 7.20. The van der Waals surface area contributed by atoms with Crippen LogP contribution < -0.4 is 0 Å². The molecule has 1 atom stereocenters. The third-order valence-corrected chi connectivity index (χ3v) is 5.78. The molecule has 0 aromatic heterocycles. The van der Waals surface area contributed by atoms with E-state index in [2.05, 4.69) is 19.9 Å². The molecule has 0 aromatic carbocycles. The van der Waals surface area contributed by atoms with Crippen LogP contribution in [0.3, 0.4) is 0 Å². The van der Waals surface area contributed by atoms with Crippen molar-refractivity contribution < 1.29 is 4.79 Å².